The Morgan fingerprint density at radius 3 is 2.45 bits per heavy atom. The number of carbonyl (C=O) groups excluding carboxylic acids is 2. The van der Waals surface area contributed by atoms with Crippen molar-refractivity contribution in [1.29, 1.82) is 0 Å². The highest BCUT2D eigenvalue weighted by molar-refractivity contribution is 5.96. The molecule has 0 unspecified atom stereocenters. The molecule has 2 fully saturated rings. The van der Waals surface area contributed by atoms with Crippen molar-refractivity contribution < 1.29 is 41.7 Å². The molecule has 2 atom stereocenters. The molecular weight excluding hydrogens is 584 g/mol. The topological polar surface area (TPSA) is 127 Å². The summed E-state index contributed by atoms with van der Waals surface area (Å²) in [5.74, 6) is -1.72. The van der Waals surface area contributed by atoms with Gasteiger partial charge in [-0.1, -0.05) is 0 Å². The van der Waals surface area contributed by atoms with Gasteiger partial charge in [-0.15, -0.1) is 0 Å². The van der Waals surface area contributed by atoms with E-state index in [9.17, 15) is 32.3 Å². The average Bonchev–Trinajstić information content (AvgIpc) is 3.71. The second kappa shape index (κ2) is 10.7. The van der Waals surface area contributed by atoms with Gasteiger partial charge in [-0.25, -0.2) is 9.37 Å². The largest absolute Gasteiger partial charge is 0.489 e. The van der Waals surface area contributed by atoms with E-state index in [0.29, 0.717) is 11.4 Å². The molecule has 3 aliphatic rings. The lowest BCUT2D eigenvalue weighted by atomic mass is 9.81. The van der Waals surface area contributed by atoms with Crippen molar-refractivity contribution in [3.8, 4) is 22.8 Å². The van der Waals surface area contributed by atoms with Gasteiger partial charge in [0.1, 0.15) is 35.0 Å². The number of nitrogens with two attached hydrogens (primary N) is 1. The van der Waals surface area contributed by atoms with Gasteiger partial charge in [-0.05, 0) is 74.7 Å². The Kier molecular flexibility index (Phi) is 7.18. The number of hydrogen-bond donors (Lipinski definition) is 3. The van der Waals surface area contributed by atoms with Gasteiger partial charge < -0.3 is 30.5 Å². The van der Waals surface area contributed by atoms with E-state index in [0.717, 1.165) is 50.6 Å². The van der Waals surface area contributed by atoms with Crippen LogP contribution in [0.2, 0.25) is 0 Å². The van der Waals surface area contributed by atoms with Crippen LogP contribution in [0.3, 0.4) is 0 Å². The third-order valence-electron chi connectivity index (χ3n) is 8.37. The zero-order chi connectivity index (χ0) is 31.4. The third kappa shape index (κ3) is 5.18. The highest BCUT2D eigenvalue weighted by atomic mass is 19.4. The number of benzene rings is 2. The van der Waals surface area contributed by atoms with Crippen molar-refractivity contribution in [3.63, 3.8) is 0 Å². The maximum absolute atomic E-state index is 14.7. The van der Waals surface area contributed by atoms with Crippen molar-refractivity contribution in [2.24, 2.45) is 5.73 Å². The first-order chi connectivity index (χ1) is 20.8. The number of aliphatic hydroxyl groups is 1. The summed E-state index contributed by atoms with van der Waals surface area (Å²) in [6.07, 6.45) is -2.39. The van der Waals surface area contributed by atoms with Gasteiger partial charge in [-0.2, -0.15) is 13.2 Å². The van der Waals surface area contributed by atoms with Gasteiger partial charge >= 0.3 is 6.18 Å². The summed E-state index contributed by atoms with van der Waals surface area (Å²) in [5.41, 5.74) is 0.250. The van der Waals surface area contributed by atoms with Crippen LogP contribution in [-0.4, -0.2) is 60.4 Å². The number of nitrogens with zero attached hydrogens (tertiary/aromatic N) is 2. The zero-order valence-electron chi connectivity index (χ0n) is 23.7. The SMILES string of the molecule is C[C@]1(C(N)=O)COc2c1cc([C@@](O)(CNC(=O)c1ccc(OC3CC3)c(N3CCC3)c1)C(F)(F)F)nc2-c1ccc(F)cc1. The Labute approximate surface area is 250 Å². The Bertz CT molecular complexity index is 1620. The van der Waals surface area contributed by atoms with Gasteiger partial charge in [-0.3, -0.25) is 9.59 Å². The van der Waals surface area contributed by atoms with Crippen LogP contribution in [0.15, 0.2) is 48.5 Å². The number of aromatic nitrogens is 1. The number of rotatable bonds is 9. The normalized spacial score (nSPS) is 20.6. The fourth-order valence-corrected chi connectivity index (χ4v) is 5.18. The molecule has 3 aromatic rings. The molecule has 3 heterocycles. The maximum Gasteiger partial charge on any atom is 0.424 e. The first-order valence-corrected chi connectivity index (χ1v) is 14.2. The Balaban J connectivity index is 1.36. The molecule has 1 saturated heterocycles. The first-order valence-electron chi connectivity index (χ1n) is 14.2. The van der Waals surface area contributed by atoms with Crippen molar-refractivity contribution in [2.75, 3.05) is 31.1 Å². The number of nitrogens with one attached hydrogen (secondary N) is 1. The number of amides is 2. The van der Waals surface area contributed by atoms with Gasteiger partial charge in [0.05, 0.1) is 24.0 Å². The molecule has 9 nitrogen and oxygen atoms in total. The number of halogens is 4. The molecule has 2 aliphatic heterocycles. The fraction of sp³-hybridized carbons (Fsp3) is 0.387. The van der Waals surface area contributed by atoms with Gasteiger partial charge in [0.2, 0.25) is 11.5 Å². The number of fused-ring (bicyclic) bond motifs is 1. The summed E-state index contributed by atoms with van der Waals surface area (Å²) >= 11 is 0. The van der Waals surface area contributed by atoms with Crippen molar-refractivity contribution in [1.82, 2.24) is 10.3 Å². The van der Waals surface area contributed by atoms with Crippen LogP contribution in [-0.2, 0) is 15.8 Å². The third-order valence-corrected chi connectivity index (χ3v) is 8.37. The molecule has 0 radical (unpaired) electrons. The van der Waals surface area contributed by atoms with Crippen molar-refractivity contribution in [2.45, 2.75) is 49.5 Å². The molecule has 0 bridgehead atoms. The van der Waals surface area contributed by atoms with Crippen molar-refractivity contribution in [3.05, 3.63) is 71.2 Å². The highest BCUT2D eigenvalue weighted by Crippen LogP contribution is 2.48. The molecule has 2 amide bonds. The average molecular weight is 615 g/mol. The van der Waals surface area contributed by atoms with Gasteiger partial charge in [0.25, 0.3) is 5.91 Å². The van der Waals surface area contributed by atoms with E-state index < -0.39 is 47.1 Å². The Morgan fingerprint density at radius 1 is 1.16 bits per heavy atom. The summed E-state index contributed by atoms with van der Waals surface area (Å²) in [5, 5.41) is 13.5. The zero-order valence-corrected chi connectivity index (χ0v) is 23.7. The molecule has 6 rings (SSSR count). The minimum atomic E-state index is -5.32. The number of carbonyl (C=O) groups is 2. The summed E-state index contributed by atoms with van der Waals surface area (Å²) in [6.45, 7) is 1.35. The quantitative estimate of drug-likeness (QED) is 0.312. The summed E-state index contributed by atoms with van der Waals surface area (Å²) in [4.78, 5) is 31.7. The molecule has 4 N–H and O–H groups in total. The second-order valence-electron chi connectivity index (χ2n) is 11.6. The highest BCUT2D eigenvalue weighted by Gasteiger charge is 2.57. The van der Waals surface area contributed by atoms with Crippen LogP contribution in [0.5, 0.6) is 11.5 Å². The van der Waals surface area contributed by atoms with Crippen LogP contribution < -0.4 is 25.4 Å². The molecule has 1 aromatic heterocycles. The lowest BCUT2D eigenvalue weighted by Crippen LogP contribution is -2.51. The van der Waals surface area contributed by atoms with E-state index in [1.165, 1.54) is 25.1 Å². The van der Waals surface area contributed by atoms with Gasteiger partial charge in [0, 0.05) is 29.8 Å². The lowest BCUT2D eigenvalue weighted by Gasteiger charge is -2.34. The first kappa shape index (κ1) is 29.7. The minimum absolute atomic E-state index is 0.0118. The molecule has 44 heavy (non-hydrogen) atoms. The predicted molar refractivity (Wildman–Crippen MR) is 151 cm³/mol. The van der Waals surface area contributed by atoms with Crippen LogP contribution >= 0.6 is 0 Å². The monoisotopic (exact) mass is 614 g/mol. The molecule has 232 valence electrons. The standard InChI is InChI=1S/C31H30F4N4O5/c1-29(28(36)41)16-43-26-21(29)14-24(38-25(26)17-3-6-19(32)7-4-17)30(42,31(33,34)35)15-37-27(40)18-5-10-23(44-20-8-9-20)22(13-18)39-11-2-12-39/h3-7,10,13-14,20,42H,2,8-9,11-12,15-16H2,1H3,(H2,36,41)(H,37,40)/t29-,30-/m0/s1. The van der Waals surface area contributed by atoms with E-state index in [4.69, 9.17) is 15.2 Å². The van der Waals surface area contributed by atoms with E-state index >= 15 is 0 Å². The smallest absolute Gasteiger partial charge is 0.424 e. The van der Waals surface area contributed by atoms with Gasteiger partial charge in [0.15, 0.2) is 0 Å². The maximum atomic E-state index is 14.7. The number of primary amides is 1. The number of alkyl halides is 3. The molecule has 13 heteroatoms. The van der Waals surface area contributed by atoms with E-state index in [2.05, 4.69) is 10.3 Å². The van der Waals surface area contributed by atoms with E-state index in [1.807, 2.05) is 4.90 Å². The summed E-state index contributed by atoms with van der Waals surface area (Å²) in [6, 6.07) is 10.3. The van der Waals surface area contributed by atoms with Crippen LogP contribution in [0.4, 0.5) is 23.2 Å². The molecule has 1 saturated carbocycles. The van der Waals surface area contributed by atoms with E-state index in [-0.39, 0.29) is 40.8 Å². The predicted octanol–water partition coefficient (Wildman–Crippen LogP) is 3.95. The minimum Gasteiger partial charge on any atom is -0.489 e. The lowest BCUT2D eigenvalue weighted by molar-refractivity contribution is -0.265. The molecule has 1 aliphatic carbocycles. The Hall–Kier alpha value is -4.39. The number of ether oxygens (including phenoxy) is 2. The molecule has 2 aromatic carbocycles. The number of pyridine rings is 1. The summed E-state index contributed by atoms with van der Waals surface area (Å²) < 4.78 is 69.4. The summed E-state index contributed by atoms with van der Waals surface area (Å²) in [7, 11) is 0. The molecule has 0 spiro atoms. The second-order valence-corrected chi connectivity index (χ2v) is 11.6. The Morgan fingerprint density at radius 2 is 1.86 bits per heavy atom. The number of anilines is 1. The van der Waals surface area contributed by atoms with E-state index in [1.54, 1.807) is 12.1 Å². The van der Waals surface area contributed by atoms with Crippen LogP contribution in [0.25, 0.3) is 11.3 Å². The van der Waals surface area contributed by atoms with Crippen LogP contribution in [0.1, 0.15) is 47.8 Å². The fourth-order valence-electron chi connectivity index (χ4n) is 5.18. The number of hydrogen-bond acceptors (Lipinski definition) is 7. The molecular formula is C31H30F4N4O5. The van der Waals surface area contributed by atoms with Crippen LogP contribution in [0, 0.1) is 5.82 Å². The van der Waals surface area contributed by atoms with Crippen molar-refractivity contribution >= 4 is 17.5 Å².